The summed E-state index contributed by atoms with van der Waals surface area (Å²) in [6.07, 6.45) is 5.51. The van der Waals surface area contributed by atoms with E-state index in [1.165, 1.54) is 18.1 Å². The molecule has 2 aromatic heterocycles. The molecule has 0 amide bonds. The van der Waals surface area contributed by atoms with Gasteiger partial charge in [0.1, 0.15) is 12.1 Å². The molecular weight excluding hydrogens is 294 g/mol. The zero-order chi connectivity index (χ0) is 16.2. The highest BCUT2D eigenvalue weighted by atomic mass is 16.3. The van der Waals surface area contributed by atoms with Crippen molar-refractivity contribution in [1.29, 1.82) is 0 Å². The lowest BCUT2D eigenvalue weighted by Crippen LogP contribution is -2.00. The Morgan fingerprint density at radius 2 is 2.13 bits per heavy atom. The standard InChI is InChI=1S/C16H15N5O2/c1-11-2-4-12(5-3-11)8-21-9-13(7-19-21)14(22)6-15(23)16-17-10-18-20-16/h2-7,9-10,22H,8H2,1H3,(H,17,18,20). The van der Waals surface area contributed by atoms with Crippen LogP contribution in [0.4, 0.5) is 0 Å². The number of nitrogens with zero attached hydrogens (tertiary/aromatic N) is 4. The van der Waals surface area contributed by atoms with Crippen LogP contribution >= 0.6 is 0 Å². The minimum absolute atomic E-state index is 0.0728. The average Bonchev–Trinajstić information content (AvgIpc) is 3.21. The predicted molar refractivity (Wildman–Crippen MR) is 83.8 cm³/mol. The normalized spacial score (nSPS) is 11.6. The molecular formula is C16H15N5O2. The molecule has 0 atom stereocenters. The number of aliphatic hydroxyl groups excluding tert-OH is 1. The van der Waals surface area contributed by atoms with Gasteiger partial charge in [-0.15, -0.1) is 0 Å². The number of carbonyl (C=O) groups excluding carboxylic acids is 1. The van der Waals surface area contributed by atoms with Crippen molar-refractivity contribution in [1.82, 2.24) is 25.0 Å². The predicted octanol–water partition coefficient (Wildman–Crippen LogP) is 2.14. The lowest BCUT2D eigenvalue weighted by atomic mass is 10.1. The van der Waals surface area contributed by atoms with Crippen molar-refractivity contribution in [3.05, 3.63) is 71.6 Å². The van der Waals surface area contributed by atoms with Gasteiger partial charge in [-0.3, -0.25) is 14.6 Å². The molecule has 7 nitrogen and oxygen atoms in total. The molecule has 2 N–H and O–H groups in total. The molecule has 0 spiro atoms. The van der Waals surface area contributed by atoms with Gasteiger partial charge in [-0.05, 0) is 12.5 Å². The molecule has 7 heteroatoms. The second-order valence-corrected chi connectivity index (χ2v) is 5.14. The topological polar surface area (TPSA) is 96.7 Å². The van der Waals surface area contributed by atoms with Gasteiger partial charge in [-0.2, -0.15) is 10.2 Å². The number of benzene rings is 1. The molecule has 0 saturated carbocycles. The molecule has 3 rings (SSSR count). The van der Waals surface area contributed by atoms with E-state index < -0.39 is 5.78 Å². The van der Waals surface area contributed by atoms with Crippen molar-refractivity contribution >= 4 is 11.5 Å². The maximum absolute atomic E-state index is 11.8. The summed E-state index contributed by atoms with van der Waals surface area (Å²) in [6.45, 7) is 2.62. The van der Waals surface area contributed by atoms with E-state index in [0.29, 0.717) is 12.1 Å². The number of aliphatic hydroxyl groups is 1. The third-order valence-corrected chi connectivity index (χ3v) is 3.31. The summed E-state index contributed by atoms with van der Waals surface area (Å²) in [5, 5.41) is 20.3. The summed E-state index contributed by atoms with van der Waals surface area (Å²) < 4.78 is 1.70. The Kier molecular flexibility index (Phi) is 4.01. The van der Waals surface area contributed by atoms with Gasteiger partial charge in [0.15, 0.2) is 5.82 Å². The fraction of sp³-hybridized carbons (Fsp3) is 0.125. The zero-order valence-electron chi connectivity index (χ0n) is 12.5. The molecule has 3 aromatic rings. The van der Waals surface area contributed by atoms with E-state index >= 15 is 0 Å². The average molecular weight is 309 g/mol. The molecule has 0 saturated heterocycles. The van der Waals surface area contributed by atoms with Gasteiger partial charge < -0.3 is 5.11 Å². The summed E-state index contributed by atoms with van der Waals surface area (Å²) >= 11 is 0. The van der Waals surface area contributed by atoms with Crippen molar-refractivity contribution in [2.24, 2.45) is 0 Å². The van der Waals surface area contributed by atoms with E-state index in [1.54, 1.807) is 10.9 Å². The third-order valence-electron chi connectivity index (χ3n) is 3.31. The van der Waals surface area contributed by atoms with Crippen LogP contribution in [-0.2, 0) is 6.54 Å². The first-order chi connectivity index (χ1) is 11.1. The van der Waals surface area contributed by atoms with E-state index in [0.717, 1.165) is 11.6 Å². The van der Waals surface area contributed by atoms with Crippen molar-refractivity contribution < 1.29 is 9.90 Å². The summed E-state index contributed by atoms with van der Waals surface area (Å²) in [5.41, 5.74) is 2.76. The van der Waals surface area contributed by atoms with Gasteiger partial charge in [0.05, 0.1) is 18.3 Å². The summed E-state index contributed by atoms with van der Waals surface area (Å²) in [5.74, 6) is -0.545. The second kappa shape index (κ2) is 6.27. The molecule has 0 aliphatic rings. The van der Waals surface area contributed by atoms with Crippen molar-refractivity contribution in [3.63, 3.8) is 0 Å². The summed E-state index contributed by atoms with van der Waals surface area (Å²) in [6, 6.07) is 8.12. The molecule has 0 aliphatic carbocycles. The second-order valence-electron chi connectivity index (χ2n) is 5.14. The van der Waals surface area contributed by atoms with Gasteiger partial charge in [0, 0.05) is 12.3 Å². The highest BCUT2D eigenvalue weighted by molar-refractivity contribution is 6.05. The maximum atomic E-state index is 11.8. The Labute approximate surface area is 132 Å². The van der Waals surface area contributed by atoms with Crippen LogP contribution in [-0.4, -0.2) is 35.9 Å². The fourth-order valence-electron chi connectivity index (χ4n) is 2.06. The molecule has 23 heavy (non-hydrogen) atoms. The molecule has 0 aliphatic heterocycles. The molecule has 1 aromatic carbocycles. The van der Waals surface area contributed by atoms with Crippen LogP contribution in [0.2, 0.25) is 0 Å². The summed E-state index contributed by atoms with van der Waals surface area (Å²) in [4.78, 5) is 15.6. The van der Waals surface area contributed by atoms with E-state index in [4.69, 9.17) is 0 Å². The third kappa shape index (κ3) is 3.52. The molecule has 0 bridgehead atoms. The van der Waals surface area contributed by atoms with Crippen LogP contribution in [0, 0.1) is 6.92 Å². The Morgan fingerprint density at radius 1 is 1.35 bits per heavy atom. The molecule has 0 unspecified atom stereocenters. The lowest BCUT2D eigenvalue weighted by molar-refractivity contribution is 0.103. The molecule has 2 heterocycles. The van der Waals surface area contributed by atoms with Crippen LogP contribution in [0.3, 0.4) is 0 Å². The van der Waals surface area contributed by atoms with Crippen molar-refractivity contribution in [3.8, 4) is 0 Å². The Hall–Kier alpha value is -3.22. The van der Waals surface area contributed by atoms with E-state index in [2.05, 4.69) is 20.3 Å². The number of aryl methyl sites for hydroxylation is 1. The zero-order valence-corrected chi connectivity index (χ0v) is 12.5. The minimum atomic E-state index is -0.453. The van der Waals surface area contributed by atoms with Gasteiger partial charge in [0.25, 0.3) is 0 Å². The highest BCUT2D eigenvalue weighted by Crippen LogP contribution is 2.12. The quantitative estimate of drug-likeness (QED) is 0.427. The number of ketones is 1. The largest absolute Gasteiger partial charge is 0.507 e. The van der Waals surface area contributed by atoms with Crippen LogP contribution in [0.25, 0.3) is 5.76 Å². The van der Waals surface area contributed by atoms with Gasteiger partial charge in [-0.25, -0.2) is 4.98 Å². The first kappa shape index (κ1) is 14.7. The Morgan fingerprint density at radius 3 is 2.83 bits per heavy atom. The number of hydrogen-bond donors (Lipinski definition) is 2. The van der Waals surface area contributed by atoms with Crippen LogP contribution in [0.15, 0.2) is 49.1 Å². The maximum Gasteiger partial charge on any atom is 0.226 e. The number of aromatic nitrogens is 5. The summed E-state index contributed by atoms with van der Waals surface area (Å²) in [7, 11) is 0. The van der Waals surface area contributed by atoms with Crippen molar-refractivity contribution in [2.75, 3.05) is 0 Å². The van der Waals surface area contributed by atoms with Gasteiger partial charge in [-0.1, -0.05) is 29.8 Å². The van der Waals surface area contributed by atoms with E-state index in [1.807, 2.05) is 31.2 Å². The van der Waals surface area contributed by atoms with Gasteiger partial charge in [0.2, 0.25) is 5.78 Å². The highest BCUT2D eigenvalue weighted by Gasteiger charge is 2.10. The Bertz CT molecular complexity index is 832. The van der Waals surface area contributed by atoms with Gasteiger partial charge >= 0.3 is 0 Å². The number of aromatic amines is 1. The number of hydrogen-bond acceptors (Lipinski definition) is 5. The first-order valence-electron chi connectivity index (χ1n) is 7.00. The van der Waals surface area contributed by atoms with Crippen LogP contribution < -0.4 is 0 Å². The molecule has 116 valence electrons. The smallest absolute Gasteiger partial charge is 0.226 e. The monoisotopic (exact) mass is 309 g/mol. The molecule has 0 fully saturated rings. The number of allylic oxidation sites excluding steroid dienone is 1. The Balaban J connectivity index is 1.73. The van der Waals surface area contributed by atoms with E-state index in [9.17, 15) is 9.90 Å². The SMILES string of the molecule is Cc1ccc(Cn2cc(C(O)=CC(=O)c3ncn[nH]3)cn2)cc1. The first-order valence-corrected chi connectivity index (χ1v) is 7.00. The van der Waals surface area contributed by atoms with Crippen molar-refractivity contribution in [2.45, 2.75) is 13.5 Å². The van der Waals surface area contributed by atoms with E-state index in [-0.39, 0.29) is 11.6 Å². The number of rotatable bonds is 5. The molecule has 0 radical (unpaired) electrons. The fourth-order valence-corrected chi connectivity index (χ4v) is 2.06. The number of carbonyl (C=O) groups is 1. The number of H-pyrrole nitrogens is 1. The van der Waals surface area contributed by atoms with Crippen LogP contribution in [0.1, 0.15) is 27.3 Å². The number of nitrogens with one attached hydrogen (secondary N) is 1. The minimum Gasteiger partial charge on any atom is -0.507 e. The van der Waals surface area contributed by atoms with Crippen LogP contribution in [0.5, 0.6) is 0 Å². The lowest BCUT2D eigenvalue weighted by Gasteiger charge is -2.02.